The number of rotatable bonds is 2. The minimum atomic E-state index is 0.282. The van der Waals surface area contributed by atoms with Crippen molar-refractivity contribution in [3.63, 3.8) is 0 Å². The molecule has 1 aromatic rings. The third-order valence-electron chi connectivity index (χ3n) is 2.71. The van der Waals surface area contributed by atoms with Crippen LogP contribution in [0, 0.1) is 0 Å². The molecule has 2 rings (SSSR count). The van der Waals surface area contributed by atoms with Crippen LogP contribution in [0.25, 0.3) is 5.57 Å². The molecule has 4 heteroatoms. The Labute approximate surface area is 121 Å². The summed E-state index contributed by atoms with van der Waals surface area (Å²) >= 11 is 2.30. The van der Waals surface area contributed by atoms with Crippen molar-refractivity contribution in [1.29, 1.82) is 0 Å². The van der Waals surface area contributed by atoms with Crippen LogP contribution in [0.5, 0.6) is 5.75 Å². The van der Waals surface area contributed by atoms with Gasteiger partial charge in [-0.3, -0.25) is 0 Å². The molecule has 0 atom stereocenters. The molecule has 1 aliphatic rings. The standard InChI is InChI=1S/C14H15IN2O/c1-10(12-3-5-14(18)6-4-12)8-17-9-13(15)7-16-11(17)2/h3-6,8-9,16,18H,2,7H2,1H3/b10-8+. The highest BCUT2D eigenvalue weighted by Crippen LogP contribution is 2.21. The van der Waals surface area contributed by atoms with E-state index >= 15 is 0 Å². The van der Waals surface area contributed by atoms with E-state index in [0.29, 0.717) is 0 Å². The van der Waals surface area contributed by atoms with Gasteiger partial charge in [0.15, 0.2) is 0 Å². The van der Waals surface area contributed by atoms with Crippen molar-refractivity contribution < 1.29 is 5.11 Å². The van der Waals surface area contributed by atoms with Crippen molar-refractivity contribution in [3.05, 3.63) is 58.2 Å². The average Bonchev–Trinajstić information content (AvgIpc) is 2.34. The van der Waals surface area contributed by atoms with Crippen LogP contribution in [0.15, 0.2) is 52.6 Å². The highest BCUT2D eigenvalue weighted by Gasteiger charge is 2.10. The molecule has 3 nitrogen and oxygen atoms in total. The van der Waals surface area contributed by atoms with Gasteiger partial charge in [0, 0.05) is 22.5 Å². The Hall–Kier alpha value is -1.43. The predicted molar refractivity (Wildman–Crippen MR) is 82.8 cm³/mol. The molecule has 94 valence electrons. The van der Waals surface area contributed by atoms with Crippen molar-refractivity contribution in [1.82, 2.24) is 10.2 Å². The monoisotopic (exact) mass is 354 g/mol. The Morgan fingerprint density at radius 2 is 2.11 bits per heavy atom. The molecule has 0 aliphatic carbocycles. The minimum absolute atomic E-state index is 0.282. The number of phenolic OH excluding ortho intramolecular Hbond substituents is 1. The van der Waals surface area contributed by atoms with Gasteiger partial charge < -0.3 is 15.3 Å². The molecule has 1 aromatic carbocycles. The van der Waals surface area contributed by atoms with Crippen LogP contribution in [0.3, 0.4) is 0 Å². The summed E-state index contributed by atoms with van der Waals surface area (Å²) in [4.78, 5) is 1.98. The van der Waals surface area contributed by atoms with Crippen LogP contribution in [-0.2, 0) is 0 Å². The zero-order valence-electron chi connectivity index (χ0n) is 10.2. The van der Waals surface area contributed by atoms with Crippen LogP contribution >= 0.6 is 22.6 Å². The molecule has 1 aliphatic heterocycles. The number of nitrogens with zero attached hydrogens (tertiary/aromatic N) is 1. The third-order valence-corrected chi connectivity index (χ3v) is 3.37. The first-order chi connectivity index (χ1) is 8.56. The van der Waals surface area contributed by atoms with E-state index in [1.165, 1.54) is 3.58 Å². The van der Waals surface area contributed by atoms with Crippen LogP contribution in [-0.4, -0.2) is 16.6 Å². The SMILES string of the molecule is C=C1NCC(I)=CN1/C=C(\C)c1ccc(O)cc1. The minimum Gasteiger partial charge on any atom is -0.508 e. The van der Waals surface area contributed by atoms with E-state index in [9.17, 15) is 5.11 Å². The van der Waals surface area contributed by atoms with Gasteiger partial charge in [0.25, 0.3) is 0 Å². The van der Waals surface area contributed by atoms with Crippen LogP contribution in [0.4, 0.5) is 0 Å². The van der Waals surface area contributed by atoms with Crippen molar-refractivity contribution in [2.24, 2.45) is 0 Å². The fourth-order valence-corrected chi connectivity index (χ4v) is 2.17. The molecule has 0 amide bonds. The van der Waals surface area contributed by atoms with E-state index in [4.69, 9.17) is 0 Å². The average molecular weight is 354 g/mol. The van der Waals surface area contributed by atoms with Gasteiger partial charge in [0.2, 0.25) is 0 Å². The first-order valence-corrected chi connectivity index (χ1v) is 6.69. The molecule has 0 unspecified atom stereocenters. The Kier molecular flexibility index (Phi) is 3.96. The maximum atomic E-state index is 9.27. The first-order valence-electron chi connectivity index (χ1n) is 5.61. The second-order valence-electron chi connectivity index (χ2n) is 4.14. The molecule has 0 spiro atoms. The largest absolute Gasteiger partial charge is 0.508 e. The zero-order chi connectivity index (χ0) is 13.1. The van der Waals surface area contributed by atoms with Gasteiger partial charge in [-0.25, -0.2) is 0 Å². The molecule has 1 heterocycles. The smallest absolute Gasteiger partial charge is 0.115 e. The molecule has 0 saturated heterocycles. The van der Waals surface area contributed by atoms with Gasteiger partial charge in [-0.05, 0) is 52.8 Å². The fourth-order valence-electron chi connectivity index (χ4n) is 1.67. The van der Waals surface area contributed by atoms with E-state index in [1.807, 2.05) is 30.2 Å². The molecule has 0 bridgehead atoms. The predicted octanol–water partition coefficient (Wildman–Crippen LogP) is 3.41. The second kappa shape index (κ2) is 5.48. The van der Waals surface area contributed by atoms with Gasteiger partial charge >= 0.3 is 0 Å². The van der Waals surface area contributed by atoms with Gasteiger partial charge in [-0.15, -0.1) is 0 Å². The van der Waals surface area contributed by atoms with Crippen LogP contribution < -0.4 is 5.32 Å². The van der Waals surface area contributed by atoms with Gasteiger partial charge in [-0.2, -0.15) is 0 Å². The van der Waals surface area contributed by atoms with Crippen LogP contribution in [0.1, 0.15) is 12.5 Å². The summed E-state index contributed by atoms with van der Waals surface area (Å²) in [5, 5.41) is 12.5. The summed E-state index contributed by atoms with van der Waals surface area (Å²) in [6.45, 7) is 6.85. The first kappa shape index (κ1) is 13.0. The highest BCUT2D eigenvalue weighted by molar-refractivity contribution is 14.1. The quantitative estimate of drug-likeness (QED) is 0.799. The molecule has 0 saturated carbocycles. The Morgan fingerprint density at radius 1 is 1.44 bits per heavy atom. The number of nitrogens with one attached hydrogen (secondary N) is 1. The zero-order valence-corrected chi connectivity index (χ0v) is 12.3. The summed E-state index contributed by atoms with van der Waals surface area (Å²) in [7, 11) is 0. The van der Waals surface area contributed by atoms with Crippen LogP contribution in [0.2, 0.25) is 0 Å². The molecule has 0 radical (unpaired) electrons. The van der Waals surface area contributed by atoms with Crippen molar-refractivity contribution in [2.45, 2.75) is 6.92 Å². The number of hydrogen-bond donors (Lipinski definition) is 2. The summed E-state index contributed by atoms with van der Waals surface area (Å²) in [6.07, 6.45) is 4.09. The molecular weight excluding hydrogens is 339 g/mol. The number of benzene rings is 1. The van der Waals surface area contributed by atoms with E-state index in [2.05, 4.69) is 40.7 Å². The third kappa shape index (κ3) is 3.07. The van der Waals surface area contributed by atoms with E-state index in [-0.39, 0.29) is 5.75 Å². The maximum absolute atomic E-state index is 9.27. The van der Waals surface area contributed by atoms with Gasteiger partial charge in [-0.1, -0.05) is 18.7 Å². The highest BCUT2D eigenvalue weighted by atomic mass is 127. The number of phenols is 1. The van der Waals surface area contributed by atoms with E-state index in [0.717, 1.165) is 23.5 Å². The number of hydrogen-bond acceptors (Lipinski definition) is 3. The van der Waals surface area contributed by atoms with Crippen molar-refractivity contribution >= 4 is 28.2 Å². The molecule has 18 heavy (non-hydrogen) atoms. The lowest BCUT2D eigenvalue weighted by Crippen LogP contribution is -2.29. The fraction of sp³-hybridized carbons (Fsp3) is 0.143. The number of halogens is 1. The van der Waals surface area contributed by atoms with Gasteiger partial charge in [0.05, 0.1) is 0 Å². The molecule has 2 N–H and O–H groups in total. The topological polar surface area (TPSA) is 35.5 Å². The van der Waals surface area contributed by atoms with E-state index < -0.39 is 0 Å². The summed E-state index contributed by atoms with van der Waals surface area (Å²) in [5.74, 6) is 1.15. The van der Waals surface area contributed by atoms with Gasteiger partial charge in [0.1, 0.15) is 11.6 Å². The van der Waals surface area contributed by atoms with Crippen molar-refractivity contribution in [3.8, 4) is 5.75 Å². The Bertz CT molecular complexity index is 517. The number of allylic oxidation sites excluding steroid dienone is 1. The lowest BCUT2D eigenvalue weighted by atomic mass is 10.1. The maximum Gasteiger partial charge on any atom is 0.115 e. The Balaban J connectivity index is 2.24. The van der Waals surface area contributed by atoms with E-state index in [1.54, 1.807) is 12.1 Å². The summed E-state index contributed by atoms with van der Waals surface area (Å²) in [6, 6.07) is 7.18. The normalized spacial score (nSPS) is 16.3. The Morgan fingerprint density at radius 3 is 2.78 bits per heavy atom. The van der Waals surface area contributed by atoms with Crippen molar-refractivity contribution in [2.75, 3.05) is 6.54 Å². The summed E-state index contributed by atoms with van der Waals surface area (Å²) < 4.78 is 1.23. The molecular formula is C14H15IN2O. The summed E-state index contributed by atoms with van der Waals surface area (Å²) in [5.41, 5.74) is 2.19. The second-order valence-corrected chi connectivity index (χ2v) is 5.53. The molecule has 0 aromatic heterocycles. The number of aromatic hydroxyl groups is 1. The lowest BCUT2D eigenvalue weighted by Gasteiger charge is -2.26. The lowest BCUT2D eigenvalue weighted by molar-refractivity contribution is 0.475. The molecule has 0 fully saturated rings.